The highest BCUT2D eigenvalue weighted by Gasteiger charge is 2.23. The van der Waals surface area contributed by atoms with Crippen LogP contribution < -0.4 is 0 Å². The summed E-state index contributed by atoms with van der Waals surface area (Å²) in [5.74, 6) is 0.220. The van der Waals surface area contributed by atoms with E-state index in [0.29, 0.717) is 22.9 Å². The van der Waals surface area contributed by atoms with E-state index in [1.807, 2.05) is 58.0 Å². The van der Waals surface area contributed by atoms with Gasteiger partial charge in [0.1, 0.15) is 17.0 Å². The molecular weight excluding hydrogens is 324 g/mol. The largest absolute Gasteiger partial charge is 0.371 e. The molecule has 0 saturated carbocycles. The fourth-order valence-corrected chi connectivity index (χ4v) is 1.66. The third kappa shape index (κ3) is 6.20. The van der Waals surface area contributed by atoms with Crippen LogP contribution in [0.3, 0.4) is 0 Å². The number of oxime groups is 1. The van der Waals surface area contributed by atoms with E-state index in [-0.39, 0.29) is 5.56 Å². The van der Waals surface area contributed by atoms with Crippen molar-refractivity contribution in [2.75, 3.05) is 5.75 Å². The van der Waals surface area contributed by atoms with Gasteiger partial charge in [-0.3, -0.25) is 0 Å². The molecule has 0 unspecified atom stereocenters. The Kier molecular flexibility index (Phi) is 11.3. The first-order valence-corrected chi connectivity index (χ1v) is 8.64. The van der Waals surface area contributed by atoms with E-state index in [1.54, 1.807) is 13.8 Å². The predicted octanol–water partition coefficient (Wildman–Crippen LogP) is 5.16. The summed E-state index contributed by atoms with van der Waals surface area (Å²) < 4.78 is 5.09. The molecule has 0 aliphatic heterocycles. The van der Waals surface area contributed by atoms with Gasteiger partial charge in [-0.1, -0.05) is 68.3 Å². The Balaban J connectivity index is 0.00000123. The van der Waals surface area contributed by atoms with E-state index in [0.717, 1.165) is 5.56 Å². The number of aryl methyl sites for hydroxylation is 1. The van der Waals surface area contributed by atoms with E-state index >= 15 is 0 Å². The van der Waals surface area contributed by atoms with Gasteiger partial charge in [0.05, 0.1) is 5.71 Å². The molecule has 0 saturated heterocycles. The number of hydrogen-bond acceptors (Lipinski definition) is 6. The van der Waals surface area contributed by atoms with Crippen LogP contribution in [0.2, 0.25) is 0 Å². The van der Waals surface area contributed by atoms with Crippen molar-refractivity contribution < 1.29 is 14.2 Å². The van der Waals surface area contributed by atoms with Crippen molar-refractivity contribution in [3.63, 3.8) is 0 Å². The van der Waals surface area contributed by atoms with Gasteiger partial charge >= 0.3 is 5.97 Å². The normalized spacial score (nSPS) is 10.0. The van der Waals surface area contributed by atoms with Gasteiger partial charge in [0, 0.05) is 11.3 Å². The lowest BCUT2D eigenvalue weighted by Gasteiger charge is -2.00. The Bertz CT molecular complexity index is 637. The highest BCUT2D eigenvalue weighted by molar-refractivity contribution is 7.81. The van der Waals surface area contributed by atoms with Crippen molar-refractivity contribution in [3.8, 4) is 11.3 Å². The second-order valence-electron chi connectivity index (χ2n) is 4.19. The standard InChI is InChI=1S/C14H14N2O3S.2C2H6/c1-9(8-20)15-19-14(17)12-10(2)18-16-13(12)11-6-4-3-5-7-11;2*1-2/h3-7,20H,8H2,1-2H3;2*1-2H3/b15-9+;;. The molecule has 0 radical (unpaired) electrons. The molecule has 0 fully saturated rings. The first kappa shape index (κ1) is 21.9. The Labute approximate surface area is 149 Å². The van der Waals surface area contributed by atoms with Crippen molar-refractivity contribution >= 4 is 24.3 Å². The van der Waals surface area contributed by atoms with Crippen LogP contribution in [0.1, 0.15) is 50.7 Å². The molecule has 6 heteroatoms. The minimum Gasteiger partial charge on any atom is -0.360 e. The summed E-state index contributed by atoms with van der Waals surface area (Å²) in [6, 6.07) is 9.29. The zero-order valence-corrected chi connectivity index (χ0v) is 16.1. The summed E-state index contributed by atoms with van der Waals surface area (Å²) in [6.45, 7) is 11.4. The summed E-state index contributed by atoms with van der Waals surface area (Å²) >= 11 is 4.04. The van der Waals surface area contributed by atoms with E-state index in [2.05, 4.69) is 22.9 Å². The second-order valence-corrected chi connectivity index (χ2v) is 4.51. The lowest BCUT2D eigenvalue weighted by Crippen LogP contribution is -2.05. The van der Waals surface area contributed by atoms with Gasteiger partial charge in [-0.2, -0.15) is 12.6 Å². The molecule has 2 rings (SSSR count). The van der Waals surface area contributed by atoms with E-state index < -0.39 is 5.97 Å². The first-order chi connectivity index (χ1) is 11.6. The van der Waals surface area contributed by atoms with Crippen LogP contribution in [0.5, 0.6) is 0 Å². The Morgan fingerprint density at radius 2 is 1.79 bits per heavy atom. The van der Waals surface area contributed by atoms with Crippen LogP contribution in [0.15, 0.2) is 40.0 Å². The number of carbonyl (C=O) groups is 1. The van der Waals surface area contributed by atoms with Crippen LogP contribution in [0.4, 0.5) is 0 Å². The van der Waals surface area contributed by atoms with Crippen LogP contribution in [0, 0.1) is 6.92 Å². The lowest BCUT2D eigenvalue weighted by atomic mass is 10.1. The molecule has 0 atom stereocenters. The van der Waals surface area contributed by atoms with Crippen LogP contribution in [0.25, 0.3) is 11.3 Å². The van der Waals surface area contributed by atoms with Gasteiger partial charge in [-0.15, -0.1) is 0 Å². The van der Waals surface area contributed by atoms with Gasteiger partial charge in [0.2, 0.25) is 0 Å². The molecule has 0 aliphatic carbocycles. The second kappa shape index (κ2) is 12.4. The van der Waals surface area contributed by atoms with Crippen molar-refractivity contribution in [1.29, 1.82) is 0 Å². The minimum absolute atomic E-state index is 0.284. The fourth-order valence-electron chi connectivity index (χ4n) is 1.60. The van der Waals surface area contributed by atoms with Crippen LogP contribution >= 0.6 is 12.6 Å². The van der Waals surface area contributed by atoms with Gasteiger partial charge in [0.15, 0.2) is 0 Å². The number of thiol groups is 1. The summed E-state index contributed by atoms with van der Waals surface area (Å²) in [5, 5.41) is 7.61. The number of hydrogen-bond donors (Lipinski definition) is 1. The average Bonchev–Trinajstić information content (AvgIpc) is 3.05. The zero-order chi connectivity index (χ0) is 18.5. The molecule has 5 nitrogen and oxygen atoms in total. The highest BCUT2D eigenvalue weighted by atomic mass is 32.1. The number of aromatic nitrogens is 1. The van der Waals surface area contributed by atoms with Crippen molar-refractivity contribution in [3.05, 3.63) is 41.7 Å². The first-order valence-electron chi connectivity index (χ1n) is 8.01. The van der Waals surface area contributed by atoms with E-state index in [9.17, 15) is 4.79 Å². The highest BCUT2D eigenvalue weighted by Crippen LogP contribution is 2.25. The monoisotopic (exact) mass is 350 g/mol. The Morgan fingerprint density at radius 3 is 2.33 bits per heavy atom. The summed E-state index contributed by atoms with van der Waals surface area (Å²) in [6.07, 6.45) is 0. The molecule has 0 aliphatic rings. The molecule has 0 bridgehead atoms. The van der Waals surface area contributed by atoms with Crippen LogP contribution in [-0.4, -0.2) is 22.6 Å². The van der Waals surface area contributed by atoms with Crippen molar-refractivity contribution in [2.45, 2.75) is 41.5 Å². The molecule has 132 valence electrons. The number of benzene rings is 1. The maximum Gasteiger partial charge on any atom is 0.371 e. The number of nitrogens with zero attached hydrogens (tertiary/aromatic N) is 2. The molecule has 1 aromatic heterocycles. The Hall–Kier alpha value is -2.08. The third-order valence-corrected chi connectivity index (χ3v) is 3.08. The summed E-state index contributed by atoms with van der Waals surface area (Å²) in [4.78, 5) is 17.0. The molecule has 0 amide bonds. The van der Waals surface area contributed by atoms with Crippen molar-refractivity contribution in [1.82, 2.24) is 5.16 Å². The summed E-state index contributed by atoms with van der Waals surface area (Å²) in [7, 11) is 0. The third-order valence-electron chi connectivity index (χ3n) is 2.63. The molecular formula is C18H26N2O3S. The van der Waals surface area contributed by atoms with E-state index in [4.69, 9.17) is 9.36 Å². The smallest absolute Gasteiger partial charge is 0.360 e. The average molecular weight is 350 g/mol. The Morgan fingerprint density at radius 1 is 1.21 bits per heavy atom. The molecule has 0 spiro atoms. The van der Waals surface area contributed by atoms with Gasteiger partial charge in [-0.05, 0) is 13.8 Å². The molecule has 1 heterocycles. The number of rotatable bonds is 4. The maximum atomic E-state index is 12.1. The molecule has 2 aromatic rings. The number of carbonyl (C=O) groups excluding carboxylic acids is 1. The van der Waals surface area contributed by atoms with Gasteiger partial charge in [0.25, 0.3) is 0 Å². The van der Waals surface area contributed by atoms with E-state index in [1.165, 1.54) is 0 Å². The lowest BCUT2D eigenvalue weighted by molar-refractivity contribution is 0.0514. The molecule has 24 heavy (non-hydrogen) atoms. The maximum absolute atomic E-state index is 12.1. The minimum atomic E-state index is -0.594. The SMILES string of the molecule is C/C(CS)=N\OC(=O)c1c(-c2ccccc2)noc1C.CC.CC. The quantitative estimate of drug-likeness (QED) is 0.358. The molecule has 1 aromatic carbocycles. The summed E-state index contributed by atoms with van der Waals surface area (Å²) in [5.41, 5.74) is 2.13. The fraction of sp³-hybridized carbons (Fsp3) is 0.389. The topological polar surface area (TPSA) is 64.7 Å². The van der Waals surface area contributed by atoms with Crippen molar-refractivity contribution in [2.24, 2.45) is 5.16 Å². The predicted molar refractivity (Wildman–Crippen MR) is 102 cm³/mol. The van der Waals surface area contributed by atoms with Gasteiger partial charge < -0.3 is 9.36 Å². The van der Waals surface area contributed by atoms with Crippen LogP contribution in [-0.2, 0) is 4.84 Å². The molecule has 0 N–H and O–H groups in total. The van der Waals surface area contributed by atoms with Gasteiger partial charge in [-0.25, -0.2) is 4.79 Å². The zero-order valence-electron chi connectivity index (χ0n) is 15.2.